The Morgan fingerprint density at radius 1 is 1.15 bits per heavy atom. The van der Waals surface area contributed by atoms with Crippen LogP contribution in [0.4, 0.5) is 5.69 Å². The summed E-state index contributed by atoms with van der Waals surface area (Å²) >= 11 is 3.34. The van der Waals surface area contributed by atoms with Crippen molar-refractivity contribution in [1.82, 2.24) is 0 Å². The van der Waals surface area contributed by atoms with Crippen molar-refractivity contribution in [3.05, 3.63) is 74.2 Å². The second kappa shape index (κ2) is 6.29. The number of carbonyl (C=O) groups excluding carboxylic acids is 1. The van der Waals surface area contributed by atoms with Crippen molar-refractivity contribution in [1.29, 1.82) is 0 Å². The van der Waals surface area contributed by atoms with Crippen molar-refractivity contribution >= 4 is 27.6 Å². The first-order valence-electron chi connectivity index (χ1n) is 5.73. The second-order valence-electron chi connectivity index (χ2n) is 3.94. The molecule has 0 heterocycles. The number of esters is 1. The van der Waals surface area contributed by atoms with E-state index in [0.717, 1.165) is 10.0 Å². The third-order valence-corrected chi connectivity index (χ3v) is 3.41. The van der Waals surface area contributed by atoms with Gasteiger partial charge in [-0.15, -0.1) is 0 Å². The molecule has 0 aromatic heterocycles. The molecular formula is C14H10BrNO4. The van der Waals surface area contributed by atoms with E-state index in [0.29, 0.717) is 0 Å². The molecule has 0 aliphatic heterocycles. The van der Waals surface area contributed by atoms with Crippen molar-refractivity contribution in [3.8, 4) is 0 Å². The van der Waals surface area contributed by atoms with E-state index in [2.05, 4.69) is 15.9 Å². The Balaban J connectivity index is 2.14. The number of nitro groups is 1. The zero-order valence-electron chi connectivity index (χ0n) is 10.3. The standard InChI is InChI=1S/C14H10BrNO4/c15-12-7-3-1-5-10(12)9-20-14(17)11-6-2-4-8-13(11)16(18)19/h1-8H,9H2. The molecule has 0 amide bonds. The molecule has 0 radical (unpaired) electrons. The molecule has 2 aromatic rings. The van der Waals surface area contributed by atoms with Crippen LogP contribution in [0.1, 0.15) is 15.9 Å². The Morgan fingerprint density at radius 3 is 2.50 bits per heavy atom. The van der Waals surface area contributed by atoms with Crippen LogP contribution < -0.4 is 0 Å². The molecule has 6 heteroatoms. The zero-order valence-corrected chi connectivity index (χ0v) is 11.9. The maximum atomic E-state index is 11.9. The lowest BCUT2D eigenvalue weighted by atomic mass is 10.2. The van der Waals surface area contributed by atoms with Crippen LogP contribution in [0.3, 0.4) is 0 Å². The SMILES string of the molecule is O=C(OCc1ccccc1Br)c1ccccc1[N+](=O)[O-]. The molecule has 5 nitrogen and oxygen atoms in total. The Bertz CT molecular complexity index is 657. The summed E-state index contributed by atoms with van der Waals surface area (Å²) in [4.78, 5) is 22.2. The molecule has 0 aliphatic carbocycles. The Labute approximate surface area is 123 Å². The molecule has 0 N–H and O–H groups in total. The minimum atomic E-state index is -0.715. The first-order chi connectivity index (χ1) is 9.59. The van der Waals surface area contributed by atoms with Crippen LogP contribution in [0, 0.1) is 10.1 Å². The number of carbonyl (C=O) groups is 1. The summed E-state index contributed by atoms with van der Waals surface area (Å²) in [5, 5.41) is 10.8. The van der Waals surface area contributed by atoms with E-state index in [9.17, 15) is 14.9 Å². The van der Waals surface area contributed by atoms with Gasteiger partial charge in [0.25, 0.3) is 5.69 Å². The third-order valence-electron chi connectivity index (χ3n) is 2.64. The van der Waals surface area contributed by atoms with Gasteiger partial charge in [0.2, 0.25) is 0 Å². The van der Waals surface area contributed by atoms with E-state index < -0.39 is 10.9 Å². The van der Waals surface area contributed by atoms with Crippen LogP contribution in [0.15, 0.2) is 53.0 Å². The summed E-state index contributed by atoms with van der Waals surface area (Å²) in [7, 11) is 0. The van der Waals surface area contributed by atoms with Crippen LogP contribution in [0.2, 0.25) is 0 Å². The van der Waals surface area contributed by atoms with Gasteiger partial charge in [0.05, 0.1) is 4.92 Å². The number of hydrogen-bond acceptors (Lipinski definition) is 4. The molecular weight excluding hydrogens is 326 g/mol. The zero-order chi connectivity index (χ0) is 14.5. The quantitative estimate of drug-likeness (QED) is 0.485. The minimum Gasteiger partial charge on any atom is -0.457 e. The van der Waals surface area contributed by atoms with Gasteiger partial charge in [-0.1, -0.05) is 46.3 Å². The monoisotopic (exact) mass is 335 g/mol. The Morgan fingerprint density at radius 2 is 1.80 bits per heavy atom. The highest BCUT2D eigenvalue weighted by molar-refractivity contribution is 9.10. The van der Waals surface area contributed by atoms with E-state index in [1.807, 2.05) is 18.2 Å². The van der Waals surface area contributed by atoms with E-state index in [4.69, 9.17) is 4.74 Å². The maximum absolute atomic E-state index is 11.9. The van der Waals surface area contributed by atoms with Gasteiger partial charge in [0, 0.05) is 16.1 Å². The number of nitrogens with zero attached hydrogens (tertiary/aromatic N) is 1. The van der Waals surface area contributed by atoms with E-state index >= 15 is 0 Å². The maximum Gasteiger partial charge on any atom is 0.345 e. The molecule has 2 rings (SSSR count). The number of benzene rings is 2. The predicted octanol–water partition coefficient (Wildman–Crippen LogP) is 3.71. The molecule has 2 aromatic carbocycles. The van der Waals surface area contributed by atoms with Crippen LogP contribution in [-0.2, 0) is 11.3 Å². The molecule has 102 valence electrons. The summed E-state index contributed by atoms with van der Waals surface area (Å²) in [5.41, 5.74) is 0.480. The van der Waals surface area contributed by atoms with Crippen molar-refractivity contribution in [3.63, 3.8) is 0 Å². The first kappa shape index (κ1) is 14.2. The van der Waals surface area contributed by atoms with Gasteiger partial charge < -0.3 is 4.74 Å². The summed E-state index contributed by atoms with van der Waals surface area (Å²) < 4.78 is 5.93. The third kappa shape index (κ3) is 3.21. The van der Waals surface area contributed by atoms with Gasteiger partial charge in [-0.25, -0.2) is 4.79 Å². The van der Waals surface area contributed by atoms with Crippen molar-refractivity contribution < 1.29 is 14.5 Å². The summed E-state index contributed by atoms with van der Waals surface area (Å²) in [6, 6.07) is 13.0. The average Bonchev–Trinajstić information content (AvgIpc) is 2.46. The average molecular weight is 336 g/mol. The largest absolute Gasteiger partial charge is 0.457 e. The predicted molar refractivity (Wildman–Crippen MR) is 76.4 cm³/mol. The second-order valence-corrected chi connectivity index (χ2v) is 4.80. The van der Waals surface area contributed by atoms with Gasteiger partial charge in [-0.05, 0) is 12.1 Å². The van der Waals surface area contributed by atoms with E-state index in [-0.39, 0.29) is 17.9 Å². The highest BCUT2D eigenvalue weighted by Gasteiger charge is 2.20. The highest BCUT2D eigenvalue weighted by Crippen LogP contribution is 2.21. The number of hydrogen-bond donors (Lipinski definition) is 0. The molecule has 0 unspecified atom stereocenters. The summed E-state index contributed by atoms with van der Waals surface area (Å²) in [6.45, 7) is 0.0479. The Kier molecular flexibility index (Phi) is 4.47. The van der Waals surface area contributed by atoms with Crippen LogP contribution in [0.25, 0.3) is 0 Å². The highest BCUT2D eigenvalue weighted by atomic mass is 79.9. The number of halogens is 1. The molecule has 0 atom stereocenters. The van der Waals surface area contributed by atoms with Crippen LogP contribution >= 0.6 is 15.9 Å². The van der Waals surface area contributed by atoms with Crippen molar-refractivity contribution in [2.24, 2.45) is 0 Å². The first-order valence-corrected chi connectivity index (χ1v) is 6.53. The normalized spacial score (nSPS) is 10.1. The Hall–Kier alpha value is -2.21. The number of nitro benzene ring substituents is 1. The molecule has 0 bridgehead atoms. The van der Waals surface area contributed by atoms with Crippen molar-refractivity contribution in [2.75, 3.05) is 0 Å². The molecule has 0 aliphatic rings. The van der Waals surface area contributed by atoms with E-state index in [1.54, 1.807) is 12.1 Å². The summed E-state index contributed by atoms with van der Waals surface area (Å²) in [6.07, 6.45) is 0. The fourth-order valence-electron chi connectivity index (χ4n) is 1.64. The van der Waals surface area contributed by atoms with Gasteiger partial charge >= 0.3 is 5.97 Å². The molecule has 20 heavy (non-hydrogen) atoms. The van der Waals surface area contributed by atoms with Crippen LogP contribution in [0.5, 0.6) is 0 Å². The molecule has 0 saturated carbocycles. The van der Waals surface area contributed by atoms with Gasteiger partial charge in [-0.2, -0.15) is 0 Å². The molecule has 0 fully saturated rings. The van der Waals surface area contributed by atoms with Gasteiger partial charge in [0.1, 0.15) is 12.2 Å². The lowest BCUT2D eigenvalue weighted by molar-refractivity contribution is -0.385. The number of rotatable bonds is 4. The lowest BCUT2D eigenvalue weighted by Crippen LogP contribution is -2.08. The topological polar surface area (TPSA) is 69.4 Å². The fraction of sp³-hybridized carbons (Fsp3) is 0.0714. The fourth-order valence-corrected chi connectivity index (χ4v) is 2.04. The van der Waals surface area contributed by atoms with Crippen LogP contribution in [-0.4, -0.2) is 10.9 Å². The minimum absolute atomic E-state index is 0.0479. The molecule has 0 saturated heterocycles. The summed E-state index contributed by atoms with van der Waals surface area (Å²) in [5.74, 6) is -0.715. The number of para-hydroxylation sites is 1. The molecule has 0 spiro atoms. The van der Waals surface area contributed by atoms with Crippen molar-refractivity contribution in [2.45, 2.75) is 6.61 Å². The lowest BCUT2D eigenvalue weighted by Gasteiger charge is -2.06. The number of ether oxygens (including phenoxy) is 1. The van der Waals surface area contributed by atoms with Gasteiger partial charge in [-0.3, -0.25) is 10.1 Å². The van der Waals surface area contributed by atoms with Gasteiger partial charge in [0.15, 0.2) is 0 Å². The smallest absolute Gasteiger partial charge is 0.345 e. The van der Waals surface area contributed by atoms with E-state index in [1.165, 1.54) is 18.2 Å².